The Bertz CT molecular complexity index is 274. The molecule has 0 fully saturated rings. The lowest BCUT2D eigenvalue weighted by molar-refractivity contribution is -0.151. The van der Waals surface area contributed by atoms with Crippen LogP contribution < -0.4 is 5.73 Å². The van der Waals surface area contributed by atoms with Gasteiger partial charge in [0.2, 0.25) is 11.8 Å². The first-order valence-corrected chi connectivity index (χ1v) is 6.20. The van der Waals surface area contributed by atoms with Crippen LogP contribution in [0.2, 0.25) is 0 Å². The minimum Gasteiger partial charge on any atom is -0.325 e. The molecule has 0 spiro atoms. The van der Waals surface area contributed by atoms with Crippen LogP contribution in [0.4, 0.5) is 0 Å². The number of nitrogens with two attached hydrogens (primary N) is 1. The van der Waals surface area contributed by atoms with E-state index in [0.29, 0.717) is 19.3 Å². The molecule has 0 aliphatic heterocycles. The van der Waals surface area contributed by atoms with Gasteiger partial charge in [-0.3, -0.25) is 14.5 Å². The molecule has 2 amide bonds. The maximum absolute atomic E-state index is 11.9. The second-order valence-corrected chi connectivity index (χ2v) is 5.81. The molecule has 4 heteroatoms. The molecule has 0 rings (SSSR count). The van der Waals surface area contributed by atoms with E-state index in [1.807, 2.05) is 27.7 Å². The lowest BCUT2D eigenvalue weighted by Gasteiger charge is -2.40. The van der Waals surface area contributed by atoms with Crippen LogP contribution in [-0.2, 0) is 9.59 Å². The van der Waals surface area contributed by atoms with Crippen molar-refractivity contribution in [3.05, 3.63) is 0 Å². The zero-order chi connectivity index (χ0) is 13.9. The summed E-state index contributed by atoms with van der Waals surface area (Å²) in [5, 5.41) is 0. The fraction of sp³-hybridized carbons (Fsp3) is 0.846. The van der Waals surface area contributed by atoms with E-state index in [9.17, 15) is 9.59 Å². The molecule has 0 saturated heterocycles. The number of hydrogen-bond donors (Lipinski definition) is 1. The Labute approximate surface area is 105 Å². The average molecular weight is 242 g/mol. The van der Waals surface area contributed by atoms with E-state index in [2.05, 4.69) is 0 Å². The highest BCUT2D eigenvalue weighted by Gasteiger charge is 2.37. The first-order chi connectivity index (χ1) is 7.55. The first kappa shape index (κ1) is 16.1. The molecule has 0 aliphatic rings. The number of carbonyl (C=O) groups excluding carboxylic acids is 2. The second kappa shape index (κ2) is 5.63. The second-order valence-electron chi connectivity index (χ2n) is 5.81. The topological polar surface area (TPSA) is 63.4 Å². The van der Waals surface area contributed by atoms with Gasteiger partial charge in [0.05, 0.1) is 0 Å². The minimum atomic E-state index is -0.543. The molecule has 0 atom stereocenters. The molecule has 100 valence electrons. The molecule has 0 radical (unpaired) electrons. The molecule has 0 aromatic carbocycles. The summed E-state index contributed by atoms with van der Waals surface area (Å²) in [4.78, 5) is 25.2. The van der Waals surface area contributed by atoms with E-state index >= 15 is 0 Å². The fourth-order valence-corrected chi connectivity index (χ4v) is 2.32. The number of imide groups is 1. The van der Waals surface area contributed by atoms with Gasteiger partial charge in [-0.2, -0.15) is 0 Å². The Morgan fingerprint density at radius 1 is 1.00 bits per heavy atom. The molecule has 0 unspecified atom stereocenters. The number of hydrogen-bond acceptors (Lipinski definition) is 3. The van der Waals surface area contributed by atoms with E-state index in [-0.39, 0.29) is 11.8 Å². The van der Waals surface area contributed by atoms with Crippen LogP contribution in [0.25, 0.3) is 0 Å². The Morgan fingerprint density at radius 2 is 1.35 bits per heavy atom. The standard InChI is InChI=1S/C13H26N2O2/c1-7-10(16)15(11(17)8-2)13(5,6)9-12(3,4)14/h7-9,14H2,1-6H3. The van der Waals surface area contributed by atoms with Gasteiger partial charge in [-0.1, -0.05) is 13.8 Å². The highest BCUT2D eigenvalue weighted by Crippen LogP contribution is 2.26. The Hall–Kier alpha value is -0.900. The van der Waals surface area contributed by atoms with E-state index in [1.54, 1.807) is 13.8 Å². The molecule has 4 nitrogen and oxygen atoms in total. The molecule has 0 heterocycles. The van der Waals surface area contributed by atoms with Crippen LogP contribution in [-0.4, -0.2) is 27.8 Å². The van der Waals surface area contributed by atoms with Gasteiger partial charge in [-0.25, -0.2) is 0 Å². The van der Waals surface area contributed by atoms with Crippen molar-refractivity contribution in [2.45, 2.75) is 71.9 Å². The predicted molar refractivity (Wildman–Crippen MR) is 69.4 cm³/mol. The number of carbonyl (C=O) groups is 2. The molecule has 17 heavy (non-hydrogen) atoms. The summed E-state index contributed by atoms with van der Waals surface area (Å²) < 4.78 is 0. The van der Waals surface area contributed by atoms with Crippen molar-refractivity contribution in [2.24, 2.45) is 5.73 Å². The van der Waals surface area contributed by atoms with Gasteiger partial charge in [-0.05, 0) is 34.1 Å². The Balaban J connectivity index is 5.16. The maximum atomic E-state index is 11.9. The fourth-order valence-electron chi connectivity index (χ4n) is 2.32. The lowest BCUT2D eigenvalue weighted by Crippen LogP contribution is -2.55. The third-order valence-corrected chi connectivity index (χ3v) is 2.60. The minimum absolute atomic E-state index is 0.133. The van der Waals surface area contributed by atoms with Gasteiger partial charge >= 0.3 is 0 Å². The summed E-state index contributed by atoms with van der Waals surface area (Å²) in [6, 6.07) is 0. The smallest absolute Gasteiger partial charge is 0.229 e. The summed E-state index contributed by atoms with van der Waals surface area (Å²) in [5.74, 6) is -0.266. The van der Waals surface area contributed by atoms with Gasteiger partial charge in [0.1, 0.15) is 0 Å². The predicted octanol–water partition coefficient (Wildman–Crippen LogP) is 2.07. The van der Waals surface area contributed by atoms with Crippen molar-refractivity contribution in [3.8, 4) is 0 Å². The highest BCUT2D eigenvalue weighted by atomic mass is 16.2. The van der Waals surface area contributed by atoms with Crippen molar-refractivity contribution in [3.63, 3.8) is 0 Å². The van der Waals surface area contributed by atoms with Crippen LogP contribution in [0.1, 0.15) is 60.8 Å². The lowest BCUT2D eigenvalue weighted by atomic mass is 9.86. The normalized spacial score (nSPS) is 12.4. The molecule has 0 aromatic heterocycles. The van der Waals surface area contributed by atoms with Gasteiger partial charge in [-0.15, -0.1) is 0 Å². The summed E-state index contributed by atoms with van der Waals surface area (Å²) in [6.07, 6.45) is 1.25. The summed E-state index contributed by atoms with van der Waals surface area (Å²) >= 11 is 0. The first-order valence-electron chi connectivity index (χ1n) is 6.20. The Kier molecular flexibility index (Phi) is 5.33. The van der Waals surface area contributed by atoms with Crippen LogP contribution in [0.5, 0.6) is 0 Å². The molecule has 0 bridgehead atoms. The van der Waals surface area contributed by atoms with E-state index in [1.165, 1.54) is 4.90 Å². The van der Waals surface area contributed by atoms with Gasteiger partial charge in [0.25, 0.3) is 0 Å². The zero-order valence-corrected chi connectivity index (χ0v) is 12.0. The summed E-state index contributed by atoms with van der Waals surface area (Å²) in [5.41, 5.74) is 5.04. The average Bonchev–Trinajstić information content (AvgIpc) is 2.12. The molecule has 0 aromatic rings. The molecule has 0 aliphatic carbocycles. The van der Waals surface area contributed by atoms with Gasteiger partial charge in [0.15, 0.2) is 0 Å². The molecular formula is C13H26N2O2. The van der Waals surface area contributed by atoms with Crippen LogP contribution in [0.3, 0.4) is 0 Å². The molecular weight excluding hydrogens is 216 g/mol. The molecule has 2 N–H and O–H groups in total. The van der Waals surface area contributed by atoms with Crippen molar-refractivity contribution >= 4 is 11.8 Å². The third kappa shape index (κ3) is 4.86. The van der Waals surface area contributed by atoms with Crippen LogP contribution in [0, 0.1) is 0 Å². The summed E-state index contributed by atoms with van der Waals surface area (Å²) in [7, 11) is 0. The van der Waals surface area contributed by atoms with Crippen molar-refractivity contribution in [1.82, 2.24) is 4.90 Å². The third-order valence-electron chi connectivity index (χ3n) is 2.60. The maximum Gasteiger partial charge on any atom is 0.229 e. The monoisotopic (exact) mass is 242 g/mol. The quantitative estimate of drug-likeness (QED) is 0.802. The van der Waals surface area contributed by atoms with Crippen LogP contribution >= 0.6 is 0 Å². The number of rotatable bonds is 5. The van der Waals surface area contributed by atoms with E-state index in [0.717, 1.165) is 0 Å². The SMILES string of the molecule is CCC(=O)N(C(=O)CC)C(C)(C)CC(C)(C)N. The van der Waals surface area contributed by atoms with E-state index in [4.69, 9.17) is 5.73 Å². The van der Waals surface area contributed by atoms with Crippen molar-refractivity contribution < 1.29 is 9.59 Å². The molecule has 0 saturated carbocycles. The largest absolute Gasteiger partial charge is 0.325 e. The van der Waals surface area contributed by atoms with Gasteiger partial charge in [0, 0.05) is 23.9 Å². The van der Waals surface area contributed by atoms with E-state index < -0.39 is 11.1 Å². The zero-order valence-electron chi connectivity index (χ0n) is 12.0. The Morgan fingerprint density at radius 3 is 1.59 bits per heavy atom. The van der Waals surface area contributed by atoms with Crippen molar-refractivity contribution in [1.29, 1.82) is 0 Å². The number of amides is 2. The highest BCUT2D eigenvalue weighted by molar-refractivity contribution is 5.96. The van der Waals surface area contributed by atoms with Gasteiger partial charge < -0.3 is 5.73 Å². The van der Waals surface area contributed by atoms with Crippen molar-refractivity contribution in [2.75, 3.05) is 0 Å². The summed E-state index contributed by atoms with van der Waals surface area (Å²) in [6.45, 7) is 11.1. The number of nitrogens with zero attached hydrogens (tertiary/aromatic N) is 1. The van der Waals surface area contributed by atoms with Crippen LogP contribution in [0.15, 0.2) is 0 Å².